The van der Waals surface area contributed by atoms with E-state index in [0.717, 1.165) is 24.1 Å². The second-order valence-corrected chi connectivity index (χ2v) is 6.20. The van der Waals surface area contributed by atoms with Gasteiger partial charge in [-0.1, -0.05) is 6.07 Å². The first-order valence-electron chi connectivity index (χ1n) is 9.22. The summed E-state index contributed by atoms with van der Waals surface area (Å²) in [6, 6.07) is 4.76. The molecular formula is C19H28BFN4O3. The quantitative estimate of drug-likeness (QED) is 0.379. The zero-order chi connectivity index (χ0) is 20.9. The number of ether oxygens (including phenoxy) is 1. The van der Waals surface area contributed by atoms with Gasteiger partial charge in [-0.15, -0.1) is 0 Å². The van der Waals surface area contributed by atoms with Crippen molar-refractivity contribution in [3.05, 3.63) is 35.1 Å². The summed E-state index contributed by atoms with van der Waals surface area (Å²) in [7, 11) is 4.74. The summed E-state index contributed by atoms with van der Waals surface area (Å²) < 4.78 is 22.9. The summed E-state index contributed by atoms with van der Waals surface area (Å²) in [6.45, 7) is 5.63. The van der Waals surface area contributed by atoms with Crippen molar-refractivity contribution >= 4 is 18.8 Å². The maximum absolute atomic E-state index is 13.4. The normalized spacial score (nSPS) is 17.7. The molecule has 1 aliphatic rings. The fraction of sp³-hybridized carbons (Fsp3) is 0.526. The molecule has 1 fully saturated rings. The van der Waals surface area contributed by atoms with Crippen molar-refractivity contribution in [1.29, 1.82) is 5.26 Å². The number of piperidine rings is 1. The van der Waals surface area contributed by atoms with Crippen LogP contribution in [0.5, 0.6) is 0 Å². The molecule has 1 heterocycles. The average molecular weight is 390 g/mol. The third kappa shape index (κ3) is 7.20. The van der Waals surface area contributed by atoms with E-state index in [-0.39, 0.29) is 23.6 Å². The molecule has 0 radical (unpaired) electrons. The van der Waals surface area contributed by atoms with Gasteiger partial charge in [0.2, 0.25) is 0 Å². The Morgan fingerprint density at radius 2 is 2.14 bits per heavy atom. The standard InChI is InChI=1S/C15H20FNO2.C4H8BN3O/c1-3-19-15(18)12-6-7-17-9-14(12)13-8-11(16)5-4-10(13)2;1-7-4(8-2)5-9-3-6/h4-5,8,12,14,17H,3,6-7,9H2,1-2H3;7-8H,1-2H3/t12-,14+;/m0./s1. The monoisotopic (exact) mass is 390 g/mol. The van der Waals surface area contributed by atoms with Gasteiger partial charge in [-0.2, -0.15) is 0 Å². The number of aryl methyl sites for hydroxylation is 1. The molecule has 0 bridgehead atoms. The summed E-state index contributed by atoms with van der Waals surface area (Å²) in [5.74, 6) is -0.614. The van der Waals surface area contributed by atoms with Gasteiger partial charge in [0, 0.05) is 12.5 Å². The SMILES string of the molecule is CCOC(=O)[C@H]1CCNC[C@H]1c1cc(F)ccc1C.CNC(=BOC#N)NC. The molecule has 7 nitrogen and oxygen atoms in total. The van der Waals surface area contributed by atoms with Crippen molar-refractivity contribution in [2.45, 2.75) is 26.2 Å². The molecule has 0 amide bonds. The Balaban J connectivity index is 0.000000370. The van der Waals surface area contributed by atoms with Crippen LogP contribution < -0.4 is 16.0 Å². The van der Waals surface area contributed by atoms with Crippen LogP contribution in [-0.4, -0.2) is 52.6 Å². The molecule has 0 aromatic heterocycles. The minimum atomic E-state index is -0.256. The fourth-order valence-electron chi connectivity index (χ4n) is 3.06. The number of rotatable bonds is 6. The van der Waals surface area contributed by atoms with Gasteiger partial charge in [-0.3, -0.25) is 4.79 Å². The van der Waals surface area contributed by atoms with E-state index in [1.165, 1.54) is 19.4 Å². The summed E-state index contributed by atoms with van der Waals surface area (Å²) in [5, 5.41) is 16.7. The first kappa shape index (κ1) is 23.4. The van der Waals surface area contributed by atoms with Crippen LogP contribution in [0.2, 0.25) is 0 Å². The van der Waals surface area contributed by atoms with Crippen LogP contribution in [0, 0.1) is 30.2 Å². The van der Waals surface area contributed by atoms with E-state index >= 15 is 0 Å². The van der Waals surface area contributed by atoms with E-state index in [0.29, 0.717) is 18.9 Å². The number of esters is 1. The van der Waals surface area contributed by atoms with Crippen LogP contribution in [0.4, 0.5) is 4.39 Å². The van der Waals surface area contributed by atoms with Gasteiger partial charge in [0.15, 0.2) is 0 Å². The second-order valence-electron chi connectivity index (χ2n) is 6.20. The van der Waals surface area contributed by atoms with E-state index in [1.807, 2.05) is 6.92 Å². The topological polar surface area (TPSA) is 95.4 Å². The van der Waals surface area contributed by atoms with E-state index < -0.39 is 0 Å². The predicted molar refractivity (Wildman–Crippen MR) is 107 cm³/mol. The molecule has 1 aromatic rings. The van der Waals surface area contributed by atoms with Crippen LogP contribution >= 0.6 is 0 Å². The number of halogens is 1. The van der Waals surface area contributed by atoms with E-state index in [9.17, 15) is 9.18 Å². The second kappa shape index (κ2) is 12.7. The Morgan fingerprint density at radius 3 is 2.75 bits per heavy atom. The molecule has 1 saturated heterocycles. The molecule has 0 saturated carbocycles. The number of nitrogens with zero attached hydrogens (tertiary/aromatic N) is 1. The van der Waals surface area contributed by atoms with Crippen molar-refractivity contribution in [3.63, 3.8) is 0 Å². The van der Waals surface area contributed by atoms with Gasteiger partial charge in [0.25, 0.3) is 0 Å². The third-order valence-electron chi connectivity index (χ3n) is 4.48. The molecular weight excluding hydrogens is 362 g/mol. The van der Waals surface area contributed by atoms with Gasteiger partial charge >= 0.3 is 59.7 Å². The Labute approximate surface area is 166 Å². The number of hydrogen-bond donors (Lipinski definition) is 3. The van der Waals surface area contributed by atoms with Crippen LogP contribution in [0.25, 0.3) is 0 Å². The fourth-order valence-corrected chi connectivity index (χ4v) is 3.06. The van der Waals surface area contributed by atoms with Gasteiger partial charge in [0.1, 0.15) is 5.82 Å². The summed E-state index contributed by atoms with van der Waals surface area (Å²) in [4.78, 5) is 12.0. The van der Waals surface area contributed by atoms with Gasteiger partial charge < -0.3 is 10.1 Å². The average Bonchev–Trinajstić information content (AvgIpc) is 2.71. The number of carbonyl (C=O) groups is 1. The Morgan fingerprint density at radius 1 is 1.43 bits per heavy atom. The van der Waals surface area contributed by atoms with Crippen LogP contribution in [-0.2, 0) is 14.2 Å². The minimum absolute atomic E-state index is 0.0106. The molecule has 9 heteroatoms. The number of hydrogen-bond acceptors (Lipinski definition) is 7. The molecule has 2 atom stereocenters. The molecule has 0 spiro atoms. The molecule has 0 unspecified atom stereocenters. The predicted octanol–water partition coefficient (Wildman–Crippen LogP) is 1.02. The van der Waals surface area contributed by atoms with Gasteiger partial charge in [0.05, 0.1) is 12.5 Å². The molecule has 3 N–H and O–H groups in total. The zero-order valence-corrected chi connectivity index (χ0v) is 16.8. The molecule has 1 aromatic carbocycles. The summed E-state index contributed by atoms with van der Waals surface area (Å²) in [5.41, 5.74) is 2.59. The number of benzene rings is 1. The van der Waals surface area contributed by atoms with Gasteiger partial charge in [-0.05, 0) is 50.1 Å². The first-order chi connectivity index (χ1) is 13.5. The van der Waals surface area contributed by atoms with Crippen molar-refractivity contribution in [3.8, 4) is 6.26 Å². The molecule has 152 valence electrons. The van der Waals surface area contributed by atoms with Crippen LogP contribution in [0.3, 0.4) is 0 Å². The van der Waals surface area contributed by atoms with Gasteiger partial charge in [-0.25, -0.2) is 4.39 Å². The Kier molecular flexibility index (Phi) is 10.7. The van der Waals surface area contributed by atoms with Crippen molar-refractivity contribution < 1.29 is 18.6 Å². The van der Waals surface area contributed by atoms with E-state index in [1.54, 1.807) is 33.2 Å². The zero-order valence-electron chi connectivity index (χ0n) is 16.8. The van der Waals surface area contributed by atoms with Crippen LogP contribution in [0.1, 0.15) is 30.4 Å². The number of nitrogens with one attached hydrogen (secondary N) is 3. The van der Waals surface area contributed by atoms with Crippen LogP contribution in [0.15, 0.2) is 18.2 Å². The maximum atomic E-state index is 13.4. The summed E-state index contributed by atoms with van der Waals surface area (Å²) >= 11 is 0. The van der Waals surface area contributed by atoms with Crippen molar-refractivity contribution in [2.75, 3.05) is 33.8 Å². The Bertz CT molecular complexity index is 703. The van der Waals surface area contributed by atoms with E-state index in [4.69, 9.17) is 10.00 Å². The summed E-state index contributed by atoms with van der Waals surface area (Å²) in [6.07, 6.45) is 2.25. The first-order valence-corrected chi connectivity index (χ1v) is 9.22. The molecule has 1 aliphatic heterocycles. The van der Waals surface area contributed by atoms with Crippen molar-refractivity contribution in [2.24, 2.45) is 5.92 Å². The number of carbonyl (C=O) groups excluding carboxylic acids is 1. The van der Waals surface area contributed by atoms with Crippen molar-refractivity contribution in [1.82, 2.24) is 16.0 Å². The Hall–Kier alpha value is -2.60. The van der Waals surface area contributed by atoms with E-state index in [2.05, 4.69) is 20.6 Å². The number of nitriles is 1. The third-order valence-corrected chi connectivity index (χ3v) is 4.48. The molecule has 28 heavy (non-hydrogen) atoms. The molecule has 2 rings (SSSR count). The molecule has 0 aliphatic carbocycles.